The standard InChI is InChI=1S/C16H17IN2O2/c1-11(12-3-5-13(17)6-4-12)18-14-7-9-15(10-8-14)19-16(20)21-2/h3-11,18H,1-2H3,(H,19,20). The molecule has 110 valence electrons. The van der Waals surface area contributed by atoms with Crippen molar-refractivity contribution in [3.05, 3.63) is 57.7 Å². The summed E-state index contributed by atoms with van der Waals surface area (Å²) >= 11 is 2.29. The summed E-state index contributed by atoms with van der Waals surface area (Å²) in [6.07, 6.45) is -0.469. The highest BCUT2D eigenvalue weighted by molar-refractivity contribution is 14.1. The van der Waals surface area contributed by atoms with E-state index in [4.69, 9.17) is 0 Å². The van der Waals surface area contributed by atoms with Gasteiger partial charge in [-0.2, -0.15) is 0 Å². The third kappa shape index (κ3) is 4.63. The Morgan fingerprint density at radius 3 is 2.19 bits per heavy atom. The zero-order chi connectivity index (χ0) is 15.2. The van der Waals surface area contributed by atoms with Gasteiger partial charge in [-0.1, -0.05) is 12.1 Å². The number of benzene rings is 2. The number of rotatable bonds is 4. The molecule has 0 bridgehead atoms. The molecule has 0 aromatic heterocycles. The highest BCUT2D eigenvalue weighted by Gasteiger charge is 2.05. The number of carbonyl (C=O) groups excluding carboxylic acids is 1. The third-order valence-corrected chi connectivity index (χ3v) is 3.79. The molecule has 0 spiro atoms. The Balaban J connectivity index is 1.99. The lowest BCUT2D eigenvalue weighted by Crippen LogP contribution is -2.11. The largest absolute Gasteiger partial charge is 0.453 e. The fourth-order valence-electron chi connectivity index (χ4n) is 1.90. The Hall–Kier alpha value is -1.76. The normalized spacial score (nSPS) is 11.6. The van der Waals surface area contributed by atoms with Crippen molar-refractivity contribution in [1.82, 2.24) is 0 Å². The van der Waals surface area contributed by atoms with Gasteiger partial charge < -0.3 is 10.1 Å². The van der Waals surface area contributed by atoms with Crippen molar-refractivity contribution in [2.75, 3.05) is 17.7 Å². The van der Waals surface area contributed by atoms with Crippen molar-refractivity contribution in [2.45, 2.75) is 13.0 Å². The molecule has 4 nitrogen and oxygen atoms in total. The van der Waals surface area contributed by atoms with Crippen LogP contribution in [0.3, 0.4) is 0 Å². The van der Waals surface area contributed by atoms with Crippen molar-refractivity contribution in [3.8, 4) is 0 Å². The molecule has 5 heteroatoms. The van der Waals surface area contributed by atoms with Crippen LogP contribution in [-0.2, 0) is 4.74 Å². The summed E-state index contributed by atoms with van der Waals surface area (Å²) in [5, 5.41) is 6.05. The van der Waals surface area contributed by atoms with Crippen LogP contribution in [-0.4, -0.2) is 13.2 Å². The highest BCUT2D eigenvalue weighted by atomic mass is 127. The number of amides is 1. The summed E-state index contributed by atoms with van der Waals surface area (Å²) in [7, 11) is 1.34. The summed E-state index contributed by atoms with van der Waals surface area (Å²) < 4.78 is 5.77. The predicted octanol–water partition coefficient (Wildman–Crippen LogP) is 4.64. The average molecular weight is 396 g/mol. The topological polar surface area (TPSA) is 50.4 Å². The van der Waals surface area contributed by atoms with Crippen LogP contribution in [0.5, 0.6) is 0 Å². The van der Waals surface area contributed by atoms with E-state index < -0.39 is 6.09 Å². The zero-order valence-electron chi connectivity index (χ0n) is 11.9. The summed E-state index contributed by atoms with van der Waals surface area (Å²) in [5.41, 5.74) is 2.93. The van der Waals surface area contributed by atoms with E-state index in [1.165, 1.54) is 16.2 Å². The molecule has 2 aromatic rings. The molecule has 21 heavy (non-hydrogen) atoms. The van der Waals surface area contributed by atoms with Crippen LogP contribution >= 0.6 is 22.6 Å². The van der Waals surface area contributed by atoms with E-state index in [9.17, 15) is 4.79 Å². The van der Waals surface area contributed by atoms with Crippen LogP contribution in [0.1, 0.15) is 18.5 Å². The van der Waals surface area contributed by atoms with Crippen molar-refractivity contribution in [2.24, 2.45) is 0 Å². The van der Waals surface area contributed by atoms with Gasteiger partial charge in [-0.25, -0.2) is 4.79 Å². The van der Waals surface area contributed by atoms with Crippen LogP contribution in [0.15, 0.2) is 48.5 Å². The number of halogens is 1. The fraction of sp³-hybridized carbons (Fsp3) is 0.188. The van der Waals surface area contributed by atoms with Crippen molar-refractivity contribution >= 4 is 40.1 Å². The number of nitrogens with one attached hydrogen (secondary N) is 2. The molecular weight excluding hydrogens is 379 g/mol. The monoisotopic (exact) mass is 396 g/mol. The number of hydrogen-bond acceptors (Lipinski definition) is 3. The molecule has 1 unspecified atom stereocenters. The van der Waals surface area contributed by atoms with Crippen LogP contribution in [0.2, 0.25) is 0 Å². The number of anilines is 2. The van der Waals surface area contributed by atoms with Gasteiger partial charge in [0.1, 0.15) is 0 Å². The smallest absolute Gasteiger partial charge is 0.411 e. The lowest BCUT2D eigenvalue weighted by molar-refractivity contribution is 0.187. The van der Waals surface area contributed by atoms with Crippen molar-refractivity contribution in [1.29, 1.82) is 0 Å². The third-order valence-electron chi connectivity index (χ3n) is 3.07. The maximum Gasteiger partial charge on any atom is 0.411 e. The van der Waals surface area contributed by atoms with E-state index in [-0.39, 0.29) is 6.04 Å². The van der Waals surface area contributed by atoms with Gasteiger partial charge in [0.25, 0.3) is 0 Å². The van der Waals surface area contributed by atoms with E-state index >= 15 is 0 Å². The maximum atomic E-state index is 11.1. The molecule has 0 aliphatic heterocycles. The first-order valence-corrected chi connectivity index (χ1v) is 7.63. The summed E-state index contributed by atoms with van der Waals surface area (Å²) in [6.45, 7) is 2.11. The molecule has 0 fully saturated rings. The number of methoxy groups -OCH3 is 1. The van der Waals surface area contributed by atoms with Gasteiger partial charge >= 0.3 is 6.09 Å². The molecule has 2 N–H and O–H groups in total. The second-order valence-corrected chi connectivity index (χ2v) is 5.86. The lowest BCUT2D eigenvalue weighted by atomic mass is 10.1. The average Bonchev–Trinajstić information content (AvgIpc) is 2.49. The molecule has 1 amide bonds. The number of hydrogen-bond donors (Lipinski definition) is 2. The second kappa shape index (κ2) is 7.31. The van der Waals surface area contributed by atoms with Crippen molar-refractivity contribution in [3.63, 3.8) is 0 Å². The summed E-state index contributed by atoms with van der Waals surface area (Å²) in [4.78, 5) is 11.1. The van der Waals surface area contributed by atoms with Gasteiger partial charge in [0.2, 0.25) is 0 Å². The molecule has 0 heterocycles. The first kappa shape index (κ1) is 15.6. The first-order chi connectivity index (χ1) is 10.1. The molecule has 1 atom stereocenters. The Morgan fingerprint density at radius 2 is 1.62 bits per heavy atom. The minimum absolute atomic E-state index is 0.210. The molecule has 2 rings (SSSR count). The van der Waals surface area contributed by atoms with Crippen molar-refractivity contribution < 1.29 is 9.53 Å². The number of ether oxygens (including phenoxy) is 1. The van der Waals surface area contributed by atoms with Crippen LogP contribution in [0.25, 0.3) is 0 Å². The fourth-order valence-corrected chi connectivity index (χ4v) is 2.26. The van der Waals surface area contributed by atoms with Gasteiger partial charge in [-0.15, -0.1) is 0 Å². The van der Waals surface area contributed by atoms with E-state index in [2.05, 4.69) is 69.2 Å². The molecule has 0 saturated carbocycles. The first-order valence-electron chi connectivity index (χ1n) is 6.55. The Bertz CT molecular complexity index is 597. The minimum atomic E-state index is -0.469. The SMILES string of the molecule is COC(=O)Nc1ccc(NC(C)c2ccc(I)cc2)cc1. The molecule has 0 radical (unpaired) electrons. The predicted molar refractivity (Wildman–Crippen MR) is 93.7 cm³/mol. The van der Waals surface area contributed by atoms with E-state index in [0.717, 1.165) is 5.69 Å². The van der Waals surface area contributed by atoms with Gasteiger partial charge in [-0.05, 0) is 71.5 Å². The van der Waals surface area contributed by atoms with E-state index in [1.807, 2.05) is 24.3 Å². The number of carbonyl (C=O) groups is 1. The summed E-state index contributed by atoms with van der Waals surface area (Å²) in [6, 6.07) is 16.2. The summed E-state index contributed by atoms with van der Waals surface area (Å²) in [5.74, 6) is 0. The molecule has 2 aromatic carbocycles. The van der Waals surface area contributed by atoms with Crippen LogP contribution in [0.4, 0.5) is 16.2 Å². The Labute approximate surface area is 138 Å². The molecule has 0 aliphatic carbocycles. The highest BCUT2D eigenvalue weighted by Crippen LogP contribution is 2.21. The molecule has 0 saturated heterocycles. The quantitative estimate of drug-likeness (QED) is 0.741. The Morgan fingerprint density at radius 1 is 1.05 bits per heavy atom. The second-order valence-electron chi connectivity index (χ2n) is 4.61. The van der Waals surface area contributed by atoms with Crippen LogP contribution in [0, 0.1) is 3.57 Å². The van der Waals surface area contributed by atoms with Crippen LogP contribution < -0.4 is 10.6 Å². The maximum absolute atomic E-state index is 11.1. The minimum Gasteiger partial charge on any atom is -0.453 e. The van der Waals surface area contributed by atoms with E-state index in [1.54, 1.807) is 0 Å². The van der Waals surface area contributed by atoms with Gasteiger partial charge in [0.05, 0.1) is 7.11 Å². The van der Waals surface area contributed by atoms with E-state index in [0.29, 0.717) is 5.69 Å². The zero-order valence-corrected chi connectivity index (χ0v) is 14.0. The van der Waals surface area contributed by atoms with Gasteiger partial charge in [0.15, 0.2) is 0 Å². The molecule has 0 aliphatic rings. The molecular formula is C16H17IN2O2. The Kier molecular flexibility index (Phi) is 5.44. The lowest BCUT2D eigenvalue weighted by Gasteiger charge is -2.16. The van der Waals surface area contributed by atoms with Gasteiger partial charge in [0, 0.05) is 21.0 Å². The van der Waals surface area contributed by atoms with Gasteiger partial charge in [-0.3, -0.25) is 5.32 Å².